The fraction of sp³-hybridized carbons (Fsp3) is 0.111. The molecule has 3 aromatic rings. The number of aromatic nitrogens is 1. The highest BCUT2D eigenvalue weighted by atomic mass is 16.5. The lowest BCUT2D eigenvalue weighted by Crippen LogP contribution is -2.13. The number of anilines is 1. The number of nitrogens with one attached hydrogen (secondary N) is 1. The van der Waals surface area contributed by atoms with Crippen LogP contribution < -0.4 is 14.8 Å². The summed E-state index contributed by atoms with van der Waals surface area (Å²) < 4.78 is 15.6. The first-order valence-electron chi connectivity index (χ1n) is 7.27. The number of carbonyl (C=O) groups excluding carboxylic acids is 1. The molecule has 1 N–H and O–H groups in total. The number of ether oxygens (including phenoxy) is 2. The minimum absolute atomic E-state index is 0.187. The van der Waals surface area contributed by atoms with Crippen LogP contribution in [0.2, 0.25) is 0 Å². The van der Waals surface area contributed by atoms with E-state index in [2.05, 4.69) is 10.5 Å². The van der Waals surface area contributed by atoms with Crippen molar-refractivity contribution in [1.82, 2.24) is 5.16 Å². The van der Waals surface area contributed by atoms with E-state index in [1.807, 2.05) is 30.3 Å². The molecule has 6 nitrogen and oxygen atoms in total. The molecule has 6 heteroatoms. The van der Waals surface area contributed by atoms with Crippen LogP contribution in [-0.4, -0.2) is 25.3 Å². The molecule has 0 saturated carbocycles. The number of methoxy groups -OCH3 is 2. The first-order chi connectivity index (χ1) is 11.7. The fourth-order valence-electron chi connectivity index (χ4n) is 2.21. The van der Waals surface area contributed by atoms with E-state index < -0.39 is 0 Å². The van der Waals surface area contributed by atoms with E-state index in [4.69, 9.17) is 14.0 Å². The van der Waals surface area contributed by atoms with Gasteiger partial charge in [0.05, 0.1) is 19.9 Å². The lowest BCUT2D eigenvalue weighted by molar-refractivity contribution is 0.101. The first-order valence-corrected chi connectivity index (χ1v) is 7.27. The van der Waals surface area contributed by atoms with Crippen molar-refractivity contribution >= 4 is 11.6 Å². The second-order valence-electron chi connectivity index (χ2n) is 4.96. The van der Waals surface area contributed by atoms with Crippen molar-refractivity contribution in [3.8, 4) is 22.8 Å². The highest BCUT2D eigenvalue weighted by Crippen LogP contribution is 2.29. The Morgan fingerprint density at radius 2 is 1.83 bits per heavy atom. The smallest absolute Gasteiger partial charge is 0.277 e. The monoisotopic (exact) mass is 324 g/mol. The minimum atomic E-state index is -0.385. The Balaban J connectivity index is 1.80. The van der Waals surface area contributed by atoms with Crippen molar-refractivity contribution in [2.75, 3.05) is 19.5 Å². The van der Waals surface area contributed by atoms with E-state index in [-0.39, 0.29) is 11.6 Å². The molecule has 1 heterocycles. The van der Waals surface area contributed by atoms with Gasteiger partial charge in [0.25, 0.3) is 5.91 Å². The van der Waals surface area contributed by atoms with Gasteiger partial charge in [-0.15, -0.1) is 0 Å². The van der Waals surface area contributed by atoms with Gasteiger partial charge in [0, 0.05) is 17.7 Å². The van der Waals surface area contributed by atoms with Crippen molar-refractivity contribution in [1.29, 1.82) is 0 Å². The normalized spacial score (nSPS) is 10.2. The van der Waals surface area contributed by atoms with E-state index in [1.165, 1.54) is 7.11 Å². The topological polar surface area (TPSA) is 73.6 Å². The number of benzene rings is 2. The van der Waals surface area contributed by atoms with E-state index in [0.717, 1.165) is 5.56 Å². The van der Waals surface area contributed by atoms with E-state index in [0.29, 0.717) is 22.9 Å². The largest absolute Gasteiger partial charge is 0.497 e. The molecule has 0 spiro atoms. The third kappa shape index (κ3) is 3.22. The van der Waals surface area contributed by atoms with Gasteiger partial charge in [-0.3, -0.25) is 4.79 Å². The van der Waals surface area contributed by atoms with Gasteiger partial charge in [-0.25, -0.2) is 0 Å². The molecule has 24 heavy (non-hydrogen) atoms. The highest BCUT2D eigenvalue weighted by molar-refractivity contribution is 6.04. The molecule has 0 radical (unpaired) electrons. The molecule has 0 bridgehead atoms. The molecular weight excluding hydrogens is 308 g/mol. The predicted octanol–water partition coefficient (Wildman–Crippen LogP) is 3.61. The molecule has 0 saturated heterocycles. The summed E-state index contributed by atoms with van der Waals surface area (Å²) in [5, 5.41) is 6.58. The summed E-state index contributed by atoms with van der Waals surface area (Å²) in [5.74, 6) is 1.28. The number of hydrogen-bond acceptors (Lipinski definition) is 5. The molecule has 0 aliphatic heterocycles. The zero-order valence-electron chi connectivity index (χ0n) is 13.3. The Kier molecular flexibility index (Phi) is 4.47. The summed E-state index contributed by atoms with van der Waals surface area (Å²) >= 11 is 0. The molecule has 3 rings (SSSR count). The maximum Gasteiger partial charge on any atom is 0.277 e. The molecule has 0 aliphatic carbocycles. The van der Waals surface area contributed by atoms with Crippen LogP contribution >= 0.6 is 0 Å². The number of rotatable bonds is 5. The van der Waals surface area contributed by atoms with Crippen LogP contribution in [0.1, 0.15) is 10.5 Å². The predicted molar refractivity (Wildman–Crippen MR) is 89.4 cm³/mol. The van der Waals surface area contributed by atoms with Crippen LogP contribution in [0.25, 0.3) is 11.3 Å². The number of nitrogens with zero attached hydrogens (tertiary/aromatic N) is 1. The van der Waals surface area contributed by atoms with Gasteiger partial charge in [-0.05, 0) is 12.1 Å². The summed E-state index contributed by atoms with van der Waals surface area (Å²) in [6.07, 6.45) is 0. The molecule has 0 atom stereocenters. The first kappa shape index (κ1) is 15.6. The Labute approximate surface area is 139 Å². The average molecular weight is 324 g/mol. The van der Waals surface area contributed by atoms with E-state index >= 15 is 0 Å². The minimum Gasteiger partial charge on any atom is -0.497 e. The van der Waals surface area contributed by atoms with Gasteiger partial charge < -0.3 is 19.3 Å². The number of hydrogen-bond donors (Lipinski definition) is 1. The van der Waals surface area contributed by atoms with Crippen molar-refractivity contribution in [2.45, 2.75) is 0 Å². The SMILES string of the molecule is COc1ccc(NC(=O)c2cc(-c3ccccc3)on2)c(OC)c1. The van der Waals surface area contributed by atoms with Crippen LogP contribution in [0.15, 0.2) is 59.1 Å². The van der Waals surface area contributed by atoms with E-state index in [1.54, 1.807) is 31.4 Å². The molecule has 1 amide bonds. The van der Waals surface area contributed by atoms with Gasteiger partial charge in [0.15, 0.2) is 11.5 Å². The summed E-state index contributed by atoms with van der Waals surface area (Å²) in [7, 11) is 3.08. The summed E-state index contributed by atoms with van der Waals surface area (Å²) in [6.45, 7) is 0. The van der Waals surface area contributed by atoms with Crippen LogP contribution in [0.5, 0.6) is 11.5 Å². The van der Waals surface area contributed by atoms with Crippen molar-refractivity contribution in [3.05, 3.63) is 60.3 Å². The molecule has 0 fully saturated rings. The van der Waals surface area contributed by atoms with Crippen LogP contribution in [0, 0.1) is 0 Å². The molecule has 122 valence electrons. The van der Waals surface area contributed by atoms with Gasteiger partial charge in [0.2, 0.25) is 0 Å². The summed E-state index contributed by atoms with van der Waals surface area (Å²) in [5.41, 5.74) is 1.56. The molecule has 0 aliphatic rings. The quantitative estimate of drug-likeness (QED) is 0.776. The maximum atomic E-state index is 12.4. The summed E-state index contributed by atoms with van der Waals surface area (Å²) in [4.78, 5) is 12.4. The molecule has 0 unspecified atom stereocenters. The fourth-order valence-corrected chi connectivity index (χ4v) is 2.21. The van der Waals surface area contributed by atoms with E-state index in [9.17, 15) is 4.79 Å². The Hall–Kier alpha value is -3.28. The Bertz CT molecular complexity index is 843. The van der Waals surface area contributed by atoms with Crippen LogP contribution in [0.3, 0.4) is 0 Å². The second-order valence-corrected chi connectivity index (χ2v) is 4.96. The van der Waals surface area contributed by atoms with Gasteiger partial charge in [-0.2, -0.15) is 0 Å². The third-order valence-electron chi connectivity index (χ3n) is 3.46. The lowest BCUT2D eigenvalue weighted by Gasteiger charge is -2.10. The Morgan fingerprint density at radius 3 is 2.54 bits per heavy atom. The van der Waals surface area contributed by atoms with Crippen LogP contribution in [0.4, 0.5) is 5.69 Å². The molecule has 1 aromatic heterocycles. The average Bonchev–Trinajstić information content (AvgIpc) is 3.13. The standard InChI is InChI=1S/C18H16N2O4/c1-22-13-8-9-14(17(10-13)23-2)19-18(21)15-11-16(24-20-15)12-6-4-3-5-7-12/h3-11H,1-2H3,(H,19,21). The van der Waals surface area contributed by atoms with Crippen molar-refractivity contribution < 1.29 is 18.8 Å². The third-order valence-corrected chi connectivity index (χ3v) is 3.46. The maximum absolute atomic E-state index is 12.4. The van der Waals surface area contributed by atoms with Crippen molar-refractivity contribution in [2.24, 2.45) is 0 Å². The van der Waals surface area contributed by atoms with Crippen LogP contribution in [-0.2, 0) is 0 Å². The molecular formula is C18H16N2O4. The second kappa shape index (κ2) is 6.87. The zero-order valence-corrected chi connectivity index (χ0v) is 13.3. The van der Waals surface area contributed by atoms with Crippen molar-refractivity contribution in [3.63, 3.8) is 0 Å². The summed E-state index contributed by atoms with van der Waals surface area (Å²) in [6, 6.07) is 16.2. The van der Waals surface area contributed by atoms with Gasteiger partial charge in [-0.1, -0.05) is 35.5 Å². The lowest BCUT2D eigenvalue weighted by atomic mass is 10.1. The van der Waals surface area contributed by atoms with Gasteiger partial charge >= 0.3 is 0 Å². The zero-order chi connectivity index (χ0) is 16.9. The molecule has 2 aromatic carbocycles. The van der Waals surface area contributed by atoms with Gasteiger partial charge in [0.1, 0.15) is 11.5 Å². The Morgan fingerprint density at radius 1 is 1.04 bits per heavy atom. The number of amides is 1. The highest BCUT2D eigenvalue weighted by Gasteiger charge is 2.16. The number of carbonyl (C=O) groups is 1.